The lowest BCUT2D eigenvalue weighted by molar-refractivity contribution is 0.577. The van der Waals surface area contributed by atoms with Crippen LogP contribution in [0.3, 0.4) is 0 Å². The Balaban J connectivity index is 1.08. The summed E-state index contributed by atoms with van der Waals surface area (Å²) in [5.41, 5.74) is 14.0. The minimum absolute atomic E-state index is 1.01. The molecular weight excluding hydrogens is 777 g/mol. The smallest absolute Gasteiger partial charge is 0.00928 e. The van der Waals surface area contributed by atoms with E-state index in [1.54, 1.807) is 0 Å². The molecule has 1 heteroatoms. The van der Waals surface area contributed by atoms with Crippen LogP contribution in [-0.2, 0) is 6.42 Å². The third-order valence-electron chi connectivity index (χ3n) is 13.2. The number of aryl methyl sites for hydroxylation is 1. The van der Waals surface area contributed by atoms with Gasteiger partial charge in [-0.15, -0.1) is 0 Å². The molecule has 0 spiro atoms. The number of fused-ring (bicyclic) bond motifs is 5. The molecule has 0 N–H and O–H groups in total. The van der Waals surface area contributed by atoms with Crippen LogP contribution in [0.4, 0.5) is 0 Å². The minimum Gasteiger partial charge on any atom is -0.179 e. The lowest BCUT2D eigenvalue weighted by Gasteiger charge is -2.17. The first-order valence-corrected chi connectivity index (χ1v) is 23.7. The highest BCUT2D eigenvalue weighted by atomic mass is 32.1. The molecule has 10 aromatic rings. The predicted octanol–water partition coefficient (Wildman–Crippen LogP) is 18.2. The fourth-order valence-corrected chi connectivity index (χ4v) is 10.2. The van der Waals surface area contributed by atoms with Gasteiger partial charge in [-0.2, -0.15) is 12.6 Å². The fourth-order valence-electron chi connectivity index (χ4n) is 9.99. The largest absolute Gasteiger partial charge is 0.179 e. The second kappa shape index (κ2) is 18.9. The van der Waals surface area contributed by atoms with Gasteiger partial charge in [0.05, 0.1) is 0 Å². The normalized spacial score (nSPS) is 11.6. The summed E-state index contributed by atoms with van der Waals surface area (Å²) in [6.45, 7) is 0. The molecule has 0 nitrogen and oxygen atoms in total. The molecule has 0 heterocycles. The molecule has 0 saturated carbocycles. The number of hydrogen-bond donors (Lipinski definition) is 1. The van der Waals surface area contributed by atoms with Gasteiger partial charge >= 0.3 is 0 Å². The van der Waals surface area contributed by atoms with E-state index in [1.165, 1.54) is 156 Å². The summed E-state index contributed by atoms with van der Waals surface area (Å²) in [5, 5.41) is 10.2. The average molecular weight is 831 g/mol. The molecule has 0 aliphatic heterocycles. The summed E-state index contributed by atoms with van der Waals surface area (Å²) >= 11 is 4.38. The zero-order valence-electron chi connectivity index (χ0n) is 36.1. The Morgan fingerprint density at radius 1 is 0.254 bits per heavy atom. The van der Waals surface area contributed by atoms with Crippen molar-refractivity contribution in [2.45, 2.75) is 57.8 Å². The molecule has 0 aliphatic rings. The van der Waals surface area contributed by atoms with Gasteiger partial charge in [-0.1, -0.05) is 221 Å². The standard InChI is InChI=1S/C62H54S/c63-39-16-6-4-2-1-3-5-7-20-44-21-17-26-47(40-44)61-43-50-41-48(53-29-12-14-31-56(53)58-33-18-24-45-22-8-10-27-51(45)58)35-37-55(50)60-38-36-49(42-62(60)61)54-30-13-15-32-57(54)59-34-19-25-46-23-9-11-28-52(46)59/h8-15,17-19,21-38,40-43,63H,1-7,16,20,39H2. The van der Waals surface area contributed by atoms with Crippen LogP contribution in [0, 0.1) is 0 Å². The maximum absolute atomic E-state index is 4.38. The van der Waals surface area contributed by atoms with Crippen LogP contribution in [0.1, 0.15) is 56.9 Å². The van der Waals surface area contributed by atoms with Crippen molar-refractivity contribution in [3.63, 3.8) is 0 Å². The van der Waals surface area contributed by atoms with Crippen LogP contribution in [0.15, 0.2) is 200 Å². The monoisotopic (exact) mass is 830 g/mol. The van der Waals surface area contributed by atoms with Gasteiger partial charge < -0.3 is 0 Å². The topological polar surface area (TPSA) is 0 Å². The molecule has 308 valence electrons. The van der Waals surface area contributed by atoms with E-state index in [2.05, 4.69) is 213 Å². The van der Waals surface area contributed by atoms with Crippen molar-refractivity contribution in [1.82, 2.24) is 0 Å². The summed E-state index contributed by atoms with van der Waals surface area (Å²) in [7, 11) is 0. The van der Waals surface area contributed by atoms with E-state index >= 15 is 0 Å². The van der Waals surface area contributed by atoms with Gasteiger partial charge in [0.1, 0.15) is 0 Å². The predicted molar refractivity (Wildman–Crippen MR) is 278 cm³/mol. The van der Waals surface area contributed by atoms with Crippen LogP contribution in [0.2, 0.25) is 0 Å². The Hall–Kier alpha value is -6.41. The van der Waals surface area contributed by atoms with E-state index < -0.39 is 0 Å². The van der Waals surface area contributed by atoms with E-state index in [1.807, 2.05) is 0 Å². The minimum atomic E-state index is 1.01. The van der Waals surface area contributed by atoms with Gasteiger partial charge in [-0.25, -0.2) is 0 Å². The molecule has 0 amide bonds. The Morgan fingerprint density at radius 2 is 0.730 bits per heavy atom. The van der Waals surface area contributed by atoms with E-state index in [0.29, 0.717) is 0 Å². The van der Waals surface area contributed by atoms with Crippen LogP contribution in [0.5, 0.6) is 0 Å². The van der Waals surface area contributed by atoms with E-state index in [4.69, 9.17) is 0 Å². The van der Waals surface area contributed by atoms with Crippen molar-refractivity contribution in [3.05, 3.63) is 206 Å². The van der Waals surface area contributed by atoms with Crippen LogP contribution < -0.4 is 0 Å². The second-order valence-corrected chi connectivity index (χ2v) is 17.7. The molecule has 10 rings (SSSR count). The van der Waals surface area contributed by atoms with E-state index in [-0.39, 0.29) is 0 Å². The SMILES string of the molecule is SCCCCCCCCCCc1cccc(-c2cc3cc(-c4ccccc4-c4cccc5ccccc45)ccc3c3ccc(-c4ccccc4-c4cccc5ccccc45)cc23)c1. The van der Waals surface area contributed by atoms with Crippen molar-refractivity contribution in [2.75, 3.05) is 5.75 Å². The molecule has 0 fully saturated rings. The summed E-state index contributed by atoms with van der Waals surface area (Å²) in [6, 6.07) is 74.8. The molecule has 0 aromatic heterocycles. The molecular formula is C62H54S. The van der Waals surface area contributed by atoms with Gasteiger partial charge in [0, 0.05) is 0 Å². The van der Waals surface area contributed by atoms with Crippen molar-refractivity contribution in [1.29, 1.82) is 0 Å². The van der Waals surface area contributed by atoms with E-state index in [0.717, 1.165) is 12.2 Å². The maximum Gasteiger partial charge on any atom is -0.00928 e. The highest BCUT2D eigenvalue weighted by Crippen LogP contribution is 2.43. The Labute approximate surface area is 378 Å². The first-order chi connectivity index (χ1) is 31.2. The highest BCUT2D eigenvalue weighted by molar-refractivity contribution is 7.80. The van der Waals surface area contributed by atoms with Crippen LogP contribution in [0.25, 0.3) is 98.7 Å². The first kappa shape index (κ1) is 40.6. The number of benzene rings is 10. The van der Waals surface area contributed by atoms with Gasteiger partial charge in [0.15, 0.2) is 0 Å². The zero-order valence-corrected chi connectivity index (χ0v) is 37.0. The van der Waals surface area contributed by atoms with Gasteiger partial charge in [-0.05, 0) is 148 Å². The summed E-state index contributed by atoms with van der Waals surface area (Å²) < 4.78 is 0. The molecule has 0 aliphatic carbocycles. The maximum atomic E-state index is 4.38. The molecule has 0 unspecified atom stereocenters. The third-order valence-corrected chi connectivity index (χ3v) is 13.5. The van der Waals surface area contributed by atoms with Gasteiger partial charge in [0.25, 0.3) is 0 Å². The Morgan fingerprint density at radius 3 is 1.37 bits per heavy atom. The van der Waals surface area contributed by atoms with Crippen molar-refractivity contribution in [2.24, 2.45) is 0 Å². The van der Waals surface area contributed by atoms with Crippen molar-refractivity contribution < 1.29 is 0 Å². The van der Waals surface area contributed by atoms with Crippen molar-refractivity contribution >= 4 is 55.7 Å². The molecule has 0 saturated heterocycles. The third kappa shape index (κ3) is 8.56. The van der Waals surface area contributed by atoms with Gasteiger partial charge in [-0.3, -0.25) is 0 Å². The molecule has 0 atom stereocenters. The first-order valence-electron chi connectivity index (χ1n) is 23.1. The summed E-state index contributed by atoms with van der Waals surface area (Å²) in [5.74, 6) is 1.01. The number of thiol groups is 1. The quantitative estimate of drug-likeness (QED) is 0.0594. The second-order valence-electron chi connectivity index (χ2n) is 17.3. The number of unbranched alkanes of at least 4 members (excludes halogenated alkanes) is 7. The Kier molecular flexibility index (Phi) is 12.2. The fraction of sp³-hybridized carbons (Fsp3) is 0.161. The highest BCUT2D eigenvalue weighted by Gasteiger charge is 2.16. The molecule has 10 aromatic carbocycles. The van der Waals surface area contributed by atoms with Gasteiger partial charge in [0.2, 0.25) is 0 Å². The molecule has 0 radical (unpaired) electrons. The Bertz CT molecular complexity index is 3200. The zero-order chi connectivity index (χ0) is 42.4. The number of hydrogen-bond acceptors (Lipinski definition) is 1. The summed E-state index contributed by atoms with van der Waals surface area (Å²) in [4.78, 5) is 0. The lowest BCUT2D eigenvalue weighted by atomic mass is 9.86. The molecule has 0 bridgehead atoms. The lowest BCUT2D eigenvalue weighted by Crippen LogP contribution is -1.92. The molecule has 63 heavy (non-hydrogen) atoms. The average Bonchev–Trinajstić information content (AvgIpc) is 3.35. The van der Waals surface area contributed by atoms with Crippen LogP contribution >= 0.6 is 12.6 Å². The van der Waals surface area contributed by atoms with Crippen LogP contribution in [-0.4, -0.2) is 5.75 Å². The van der Waals surface area contributed by atoms with Crippen molar-refractivity contribution in [3.8, 4) is 55.6 Å². The van der Waals surface area contributed by atoms with E-state index in [9.17, 15) is 0 Å². The summed E-state index contributed by atoms with van der Waals surface area (Å²) in [6.07, 6.45) is 11.6. The number of rotatable bonds is 15.